The predicted octanol–water partition coefficient (Wildman–Crippen LogP) is 3.03. The molecule has 6 heteroatoms. The van der Waals surface area contributed by atoms with E-state index in [2.05, 4.69) is 21.2 Å². The molecule has 0 radical (unpaired) electrons. The second-order valence-corrected chi connectivity index (χ2v) is 5.09. The van der Waals surface area contributed by atoms with Crippen LogP contribution in [0.3, 0.4) is 0 Å². The number of methoxy groups -OCH3 is 1. The molecule has 1 atom stereocenters. The Bertz CT molecular complexity index is 436. The Labute approximate surface area is 120 Å². The highest BCUT2D eigenvalue weighted by atomic mass is 79.9. The van der Waals surface area contributed by atoms with Crippen LogP contribution in [-0.2, 0) is 4.79 Å². The molecule has 1 aromatic rings. The van der Waals surface area contributed by atoms with Gasteiger partial charge in [0.1, 0.15) is 0 Å². The average Bonchev–Trinajstić information content (AvgIpc) is 2.30. The van der Waals surface area contributed by atoms with Gasteiger partial charge >= 0.3 is 0 Å². The fraction of sp³-hybridized carbons (Fsp3) is 0.417. The minimum Gasteiger partial charge on any atom is -0.493 e. The van der Waals surface area contributed by atoms with E-state index >= 15 is 0 Å². The van der Waals surface area contributed by atoms with Crippen molar-refractivity contribution in [2.75, 3.05) is 19.0 Å². The summed E-state index contributed by atoms with van der Waals surface area (Å²) in [5, 5.41) is 3.30. The largest absolute Gasteiger partial charge is 0.493 e. The fourth-order valence-electron chi connectivity index (χ4n) is 1.55. The number of rotatable bonds is 5. The molecule has 4 nitrogen and oxygen atoms in total. The summed E-state index contributed by atoms with van der Waals surface area (Å²) in [5.41, 5.74) is 6.08. The van der Waals surface area contributed by atoms with Gasteiger partial charge in [0.05, 0.1) is 23.2 Å². The molecule has 0 saturated carbocycles. The highest BCUT2D eigenvalue weighted by Gasteiger charge is 2.17. The molecule has 0 aliphatic rings. The van der Waals surface area contributed by atoms with Crippen molar-refractivity contribution in [1.82, 2.24) is 0 Å². The van der Waals surface area contributed by atoms with Crippen molar-refractivity contribution >= 4 is 39.1 Å². The van der Waals surface area contributed by atoms with Crippen LogP contribution in [0.1, 0.15) is 13.3 Å². The second kappa shape index (κ2) is 6.97. The maximum Gasteiger partial charge on any atom is 0.228 e. The summed E-state index contributed by atoms with van der Waals surface area (Å²) in [6, 6.07) is 3.35. The van der Waals surface area contributed by atoms with Crippen LogP contribution in [0, 0.1) is 5.92 Å². The molecular formula is C12H16BrClN2O2. The van der Waals surface area contributed by atoms with Crippen LogP contribution in [0.4, 0.5) is 5.69 Å². The molecule has 1 unspecified atom stereocenters. The molecule has 0 heterocycles. The van der Waals surface area contributed by atoms with E-state index in [-0.39, 0.29) is 11.8 Å². The Kier molecular flexibility index (Phi) is 5.91. The van der Waals surface area contributed by atoms with Crippen molar-refractivity contribution in [2.24, 2.45) is 11.7 Å². The number of halogens is 2. The molecule has 0 aliphatic heterocycles. The van der Waals surface area contributed by atoms with E-state index in [9.17, 15) is 4.79 Å². The predicted molar refractivity (Wildman–Crippen MR) is 77.2 cm³/mol. The van der Waals surface area contributed by atoms with Crippen molar-refractivity contribution in [3.8, 4) is 5.75 Å². The summed E-state index contributed by atoms with van der Waals surface area (Å²) >= 11 is 9.28. The van der Waals surface area contributed by atoms with Crippen molar-refractivity contribution in [3.05, 3.63) is 21.6 Å². The van der Waals surface area contributed by atoms with Gasteiger partial charge in [0, 0.05) is 11.6 Å². The standard InChI is InChI=1S/C12H16BrClN2O2/c1-3-7(6-15)12(17)16-10-5-8(14)4-9(13)11(10)18-2/h4-5,7H,3,6,15H2,1-2H3,(H,16,17). The molecule has 1 rings (SSSR count). The molecule has 0 saturated heterocycles. The van der Waals surface area contributed by atoms with Gasteiger partial charge in [0.25, 0.3) is 0 Å². The van der Waals surface area contributed by atoms with Crippen molar-refractivity contribution < 1.29 is 9.53 Å². The lowest BCUT2D eigenvalue weighted by Crippen LogP contribution is -2.28. The van der Waals surface area contributed by atoms with Crippen molar-refractivity contribution in [1.29, 1.82) is 0 Å². The number of anilines is 1. The number of carbonyl (C=O) groups is 1. The van der Waals surface area contributed by atoms with Gasteiger partial charge in [-0.3, -0.25) is 4.79 Å². The first-order valence-electron chi connectivity index (χ1n) is 5.57. The highest BCUT2D eigenvalue weighted by molar-refractivity contribution is 9.10. The molecular weight excluding hydrogens is 320 g/mol. The van der Waals surface area contributed by atoms with Crippen LogP contribution < -0.4 is 15.8 Å². The Morgan fingerprint density at radius 1 is 1.61 bits per heavy atom. The third kappa shape index (κ3) is 3.60. The Balaban J connectivity index is 2.99. The van der Waals surface area contributed by atoms with Gasteiger partial charge in [-0.25, -0.2) is 0 Å². The number of hydrogen-bond acceptors (Lipinski definition) is 3. The van der Waals surface area contributed by atoms with E-state index in [1.807, 2.05) is 6.92 Å². The smallest absolute Gasteiger partial charge is 0.228 e. The summed E-state index contributed by atoms with van der Waals surface area (Å²) < 4.78 is 5.92. The molecule has 0 aromatic heterocycles. The molecule has 0 aliphatic carbocycles. The van der Waals surface area contributed by atoms with Crippen LogP contribution >= 0.6 is 27.5 Å². The second-order valence-electron chi connectivity index (χ2n) is 3.80. The lowest BCUT2D eigenvalue weighted by Gasteiger charge is -2.16. The van der Waals surface area contributed by atoms with Gasteiger partial charge in [0.2, 0.25) is 5.91 Å². The average molecular weight is 336 g/mol. The quantitative estimate of drug-likeness (QED) is 0.869. The van der Waals surface area contributed by atoms with Gasteiger partial charge in [-0.1, -0.05) is 18.5 Å². The zero-order valence-corrected chi connectivity index (χ0v) is 12.6. The third-order valence-electron chi connectivity index (χ3n) is 2.62. The number of hydrogen-bond donors (Lipinski definition) is 2. The number of nitrogens with two attached hydrogens (primary N) is 1. The first-order valence-corrected chi connectivity index (χ1v) is 6.74. The number of benzene rings is 1. The van der Waals surface area contributed by atoms with Gasteiger partial charge in [-0.15, -0.1) is 0 Å². The van der Waals surface area contributed by atoms with Crippen LogP contribution in [0.15, 0.2) is 16.6 Å². The minimum atomic E-state index is -0.215. The van der Waals surface area contributed by atoms with E-state index in [4.69, 9.17) is 22.1 Å². The van der Waals surface area contributed by atoms with E-state index in [1.54, 1.807) is 12.1 Å². The van der Waals surface area contributed by atoms with Crippen LogP contribution in [0.25, 0.3) is 0 Å². The van der Waals surface area contributed by atoms with Gasteiger partial charge in [-0.2, -0.15) is 0 Å². The topological polar surface area (TPSA) is 64.4 Å². The van der Waals surface area contributed by atoms with Gasteiger partial charge in [-0.05, 0) is 34.5 Å². The molecule has 3 N–H and O–H groups in total. The first kappa shape index (κ1) is 15.3. The number of carbonyl (C=O) groups excluding carboxylic acids is 1. The molecule has 1 amide bonds. The maximum atomic E-state index is 12.0. The van der Waals surface area contributed by atoms with Crippen molar-refractivity contribution in [2.45, 2.75) is 13.3 Å². The Hall–Kier alpha value is -0.780. The maximum absolute atomic E-state index is 12.0. The Morgan fingerprint density at radius 2 is 2.28 bits per heavy atom. The summed E-state index contributed by atoms with van der Waals surface area (Å²) in [6.07, 6.45) is 0.687. The molecule has 18 heavy (non-hydrogen) atoms. The monoisotopic (exact) mass is 334 g/mol. The van der Waals surface area contributed by atoms with Gasteiger partial charge < -0.3 is 15.8 Å². The molecule has 0 bridgehead atoms. The molecule has 0 spiro atoms. The number of amides is 1. The van der Waals surface area contributed by atoms with Crippen molar-refractivity contribution in [3.63, 3.8) is 0 Å². The lowest BCUT2D eigenvalue weighted by atomic mass is 10.1. The summed E-state index contributed by atoms with van der Waals surface area (Å²) in [5.74, 6) is 0.194. The summed E-state index contributed by atoms with van der Waals surface area (Å²) in [4.78, 5) is 12.0. The third-order valence-corrected chi connectivity index (χ3v) is 3.43. The molecule has 100 valence electrons. The number of nitrogens with one attached hydrogen (secondary N) is 1. The van der Waals surface area contributed by atoms with E-state index in [0.29, 0.717) is 33.9 Å². The van der Waals surface area contributed by atoms with E-state index < -0.39 is 0 Å². The zero-order chi connectivity index (χ0) is 13.7. The fourth-order valence-corrected chi connectivity index (χ4v) is 2.53. The summed E-state index contributed by atoms with van der Waals surface area (Å²) in [6.45, 7) is 2.23. The molecule has 1 aromatic carbocycles. The normalized spacial score (nSPS) is 12.1. The minimum absolute atomic E-state index is 0.132. The van der Waals surface area contributed by atoms with Crippen LogP contribution in [0.2, 0.25) is 5.02 Å². The van der Waals surface area contributed by atoms with Crippen LogP contribution in [0.5, 0.6) is 5.75 Å². The zero-order valence-electron chi connectivity index (χ0n) is 10.3. The van der Waals surface area contributed by atoms with E-state index in [1.165, 1.54) is 7.11 Å². The van der Waals surface area contributed by atoms with E-state index in [0.717, 1.165) is 0 Å². The molecule has 0 fully saturated rings. The Morgan fingerprint density at radius 3 is 2.78 bits per heavy atom. The number of ether oxygens (including phenoxy) is 1. The highest BCUT2D eigenvalue weighted by Crippen LogP contribution is 2.36. The van der Waals surface area contributed by atoms with Crippen LogP contribution in [-0.4, -0.2) is 19.6 Å². The first-order chi connectivity index (χ1) is 8.53. The SMILES string of the molecule is CCC(CN)C(=O)Nc1cc(Cl)cc(Br)c1OC. The van der Waals surface area contributed by atoms with Gasteiger partial charge in [0.15, 0.2) is 5.75 Å². The lowest BCUT2D eigenvalue weighted by molar-refractivity contribution is -0.119. The summed E-state index contributed by atoms with van der Waals surface area (Å²) in [7, 11) is 1.53.